The molecule has 6 heteroatoms. The first-order chi connectivity index (χ1) is 14.3. The lowest BCUT2D eigenvalue weighted by atomic mass is 10.0. The number of carbonyl (C=O) groups excluding carboxylic acids is 1. The first kappa shape index (κ1) is 23.1. The van der Waals surface area contributed by atoms with E-state index in [9.17, 15) is 18.5 Å². The van der Waals surface area contributed by atoms with Crippen molar-refractivity contribution in [3.05, 3.63) is 83.5 Å². The Bertz CT molecular complexity index is 1080. The van der Waals surface area contributed by atoms with Gasteiger partial charge in [-0.3, -0.25) is 9.10 Å². The molecule has 0 bridgehead atoms. The van der Waals surface area contributed by atoms with Crippen molar-refractivity contribution in [1.82, 2.24) is 0 Å². The molecule has 156 valence electrons. The molecular weight excluding hydrogens is 396 g/mol. The van der Waals surface area contributed by atoms with Crippen LogP contribution in [0.1, 0.15) is 32.3 Å². The highest BCUT2D eigenvalue weighted by Gasteiger charge is 2.23. The number of benzene rings is 2. The summed E-state index contributed by atoms with van der Waals surface area (Å²) in [6.07, 6.45) is 4.56. The minimum Gasteiger partial charge on any atom is -0.294 e. The summed E-state index contributed by atoms with van der Waals surface area (Å²) >= 11 is 0. The van der Waals surface area contributed by atoms with Gasteiger partial charge in [-0.1, -0.05) is 55.0 Å². The Hall–Kier alpha value is -3.17. The Kier molecular flexibility index (Phi) is 8.14. The van der Waals surface area contributed by atoms with Gasteiger partial charge < -0.3 is 0 Å². The van der Waals surface area contributed by atoms with E-state index in [1.165, 1.54) is 11.2 Å². The standard InChI is InChI=1S/C24H26N2O3S/c1-4-21(24(18-25)20(3)27)10-8-9-17-26(22-11-6-5-7-12-22)30(28,29)23-15-13-19(2)14-16-23/h5-9,11-16H,4,10,17H2,1-3H3/b9-8+,24-21+. The lowest BCUT2D eigenvalue weighted by molar-refractivity contribution is -0.113. The van der Waals surface area contributed by atoms with Crippen LogP contribution in [0.5, 0.6) is 0 Å². The summed E-state index contributed by atoms with van der Waals surface area (Å²) in [7, 11) is -3.75. The Morgan fingerprint density at radius 3 is 2.23 bits per heavy atom. The number of sulfonamides is 1. The highest BCUT2D eigenvalue weighted by atomic mass is 32.2. The molecule has 0 aliphatic heterocycles. The molecular formula is C24H26N2O3S. The number of carbonyl (C=O) groups is 1. The lowest BCUT2D eigenvalue weighted by Gasteiger charge is -2.23. The largest absolute Gasteiger partial charge is 0.294 e. The zero-order chi connectivity index (χ0) is 22.1. The van der Waals surface area contributed by atoms with Crippen LogP contribution in [0.2, 0.25) is 0 Å². The highest BCUT2D eigenvalue weighted by Crippen LogP contribution is 2.24. The molecule has 2 rings (SSSR count). The smallest absolute Gasteiger partial charge is 0.264 e. The lowest BCUT2D eigenvalue weighted by Crippen LogP contribution is -2.31. The maximum atomic E-state index is 13.3. The fraction of sp³-hybridized carbons (Fsp3) is 0.250. The van der Waals surface area contributed by atoms with E-state index in [0.717, 1.165) is 11.1 Å². The van der Waals surface area contributed by atoms with Gasteiger partial charge in [0.05, 0.1) is 22.7 Å². The van der Waals surface area contributed by atoms with Crippen LogP contribution in [0.4, 0.5) is 5.69 Å². The van der Waals surface area contributed by atoms with Crippen molar-refractivity contribution in [2.75, 3.05) is 10.8 Å². The summed E-state index contributed by atoms with van der Waals surface area (Å²) in [4.78, 5) is 11.8. The number of ketones is 1. The Labute approximate surface area is 179 Å². The number of Topliss-reactive ketones (excluding diaryl/α,β-unsaturated/α-hetero) is 1. The first-order valence-electron chi connectivity index (χ1n) is 9.73. The van der Waals surface area contributed by atoms with E-state index in [-0.39, 0.29) is 22.8 Å². The maximum absolute atomic E-state index is 13.3. The van der Waals surface area contributed by atoms with Gasteiger partial charge in [-0.2, -0.15) is 5.26 Å². The number of anilines is 1. The van der Waals surface area contributed by atoms with Crippen LogP contribution in [0.15, 0.2) is 82.8 Å². The number of nitrogens with zero attached hydrogens (tertiary/aromatic N) is 2. The molecule has 2 aromatic carbocycles. The number of rotatable bonds is 9. The van der Waals surface area contributed by atoms with Crippen LogP contribution in [0.25, 0.3) is 0 Å². The summed E-state index contributed by atoms with van der Waals surface area (Å²) in [5.74, 6) is -0.254. The van der Waals surface area contributed by atoms with E-state index in [1.807, 2.05) is 26.0 Å². The zero-order valence-electron chi connectivity index (χ0n) is 17.5. The molecule has 0 aliphatic carbocycles. The summed E-state index contributed by atoms with van der Waals surface area (Å²) < 4.78 is 27.9. The third-order valence-corrected chi connectivity index (χ3v) is 6.51. The molecule has 0 aromatic heterocycles. The summed E-state index contributed by atoms with van der Waals surface area (Å²) in [5.41, 5.74) is 2.47. The third kappa shape index (κ3) is 5.68. The minimum absolute atomic E-state index is 0.138. The zero-order valence-corrected chi connectivity index (χ0v) is 18.3. The second-order valence-electron chi connectivity index (χ2n) is 6.86. The van der Waals surface area contributed by atoms with Crippen molar-refractivity contribution in [2.45, 2.75) is 38.5 Å². The van der Waals surface area contributed by atoms with Gasteiger partial charge in [-0.05, 0) is 56.5 Å². The van der Waals surface area contributed by atoms with Gasteiger partial charge in [0.1, 0.15) is 6.07 Å². The predicted molar refractivity (Wildman–Crippen MR) is 120 cm³/mol. The van der Waals surface area contributed by atoms with Crippen molar-refractivity contribution in [2.24, 2.45) is 0 Å². The molecule has 0 amide bonds. The maximum Gasteiger partial charge on any atom is 0.264 e. The van der Waals surface area contributed by atoms with Crippen LogP contribution in [0, 0.1) is 18.3 Å². The van der Waals surface area contributed by atoms with Crippen molar-refractivity contribution in [1.29, 1.82) is 5.26 Å². The second kappa shape index (κ2) is 10.6. The molecule has 0 atom stereocenters. The fourth-order valence-electron chi connectivity index (χ4n) is 3.00. The summed E-state index contributed by atoms with van der Waals surface area (Å²) in [5, 5.41) is 9.20. The minimum atomic E-state index is -3.75. The molecule has 0 fully saturated rings. The Morgan fingerprint density at radius 2 is 1.70 bits per heavy atom. The summed E-state index contributed by atoms with van der Waals surface area (Å²) in [6, 6.07) is 17.6. The number of nitriles is 1. The summed E-state index contributed by atoms with van der Waals surface area (Å²) in [6.45, 7) is 5.31. The van der Waals surface area contributed by atoms with Gasteiger partial charge in [-0.15, -0.1) is 0 Å². The molecule has 0 saturated carbocycles. The molecule has 0 aliphatic rings. The number of hydrogen-bond acceptors (Lipinski definition) is 4. The predicted octanol–water partition coefficient (Wildman–Crippen LogP) is 4.96. The highest BCUT2D eigenvalue weighted by molar-refractivity contribution is 7.92. The Balaban J connectivity index is 2.32. The number of aryl methyl sites for hydroxylation is 1. The van der Waals surface area contributed by atoms with Crippen molar-refractivity contribution in [3.8, 4) is 6.07 Å². The molecule has 0 N–H and O–H groups in total. The fourth-order valence-corrected chi connectivity index (χ4v) is 4.42. The SMILES string of the molecule is CC/C(C/C=C/CN(c1ccccc1)S(=O)(=O)c1ccc(C)cc1)=C(/C#N)C(C)=O. The molecule has 5 nitrogen and oxygen atoms in total. The molecule has 0 spiro atoms. The van der Waals surface area contributed by atoms with Crippen LogP contribution in [-0.2, 0) is 14.8 Å². The quantitative estimate of drug-likeness (QED) is 0.325. The number of hydrogen-bond donors (Lipinski definition) is 0. The van der Waals surface area contributed by atoms with Gasteiger partial charge in [0, 0.05) is 0 Å². The number of allylic oxidation sites excluding steroid dienone is 3. The van der Waals surface area contributed by atoms with Crippen molar-refractivity contribution in [3.63, 3.8) is 0 Å². The average Bonchev–Trinajstić information content (AvgIpc) is 2.73. The van der Waals surface area contributed by atoms with E-state index in [4.69, 9.17) is 0 Å². The van der Waals surface area contributed by atoms with E-state index in [0.29, 0.717) is 18.5 Å². The van der Waals surface area contributed by atoms with Crippen LogP contribution >= 0.6 is 0 Å². The van der Waals surface area contributed by atoms with Crippen LogP contribution in [-0.4, -0.2) is 20.7 Å². The molecule has 2 aromatic rings. The number of para-hydroxylation sites is 1. The molecule has 30 heavy (non-hydrogen) atoms. The monoisotopic (exact) mass is 422 g/mol. The van der Waals surface area contributed by atoms with E-state index < -0.39 is 10.0 Å². The van der Waals surface area contributed by atoms with Crippen LogP contribution < -0.4 is 4.31 Å². The van der Waals surface area contributed by atoms with Gasteiger partial charge in [0.2, 0.25) is 0 Å². The van der Waals surface area contributed by atoms with Gasteiger partial charge in [-0.25, -0.2) is 8.42 Å². The van der Waals surface area contributed by atoms with Gasteiger partial charge >= 0.3 is 0 Å². The van der Waals surface area contributed by atoms with Gasteiger partial charge in [0.15, 0.2) is 5.78 Å². The van der Waals surface area contributed by atoms with Crippen molar-refractivity contribution < 1.29 is 13.2 Å². The average molecular weight is 423 g/mol. The van der Waals surface area contributed by atoms with E-state index >= 15 is 0 Å². The van der Waals surface area contributed by atoms with E-state index in [1.54, 1.807) is 60.7 Å². The third-order valence-electron chi connectivity index (χ3n) is 4.70. The first-order valence-corrected chi connectivity index (χ1v) is 11.2. The van der Waals surface area contributed by atoms with E-state index in [2.05, 4.69) is 0 Å². The normalized spacial score (nSPS) is 12.3. The van der Waals surface area contributed by atoms with Crippen LogP contribution in [0.3, 0.4) is 0 Å². The molecule has 0 saturated heterocycles. The second-order valence-corrected chi connectivity index (χ2v) is 8.72. The topological polar surface area (TPSA) is 78.2 Å². The molecule has 0 unspecified atom stereocenters. The Morgan fingerprint density at radius 1 is 1.07 bits per heavy atom. The van der Waals surface area contributed by atoms with Gasteiger partial charge in [0.25, 0.3) is 10.0 Å². The molecule has 0 radical (unpaired) electrons. The molecule has 0 heterocycles. The van der Waals surface area contributed by atoms with Crippen molar-refractivity contribution >= 4 is 21.5 Å².